The summed E-state index contributed by atoms with van der Waals surface area (Å²) in [6.07, 6.45) is 0.837. The Morgan fingerprint density at radius 2 is 1.89 bits per heavy atom. The molecular weight excluding hydrogens is 240 g/mol. The molecule has 1 rings (SSSR count). The zero-order valence-corrected chi connectivity index (χ0v) is 11.8. The summed E-state index contributed by atoms with van der Waals surface area (Å²) in [4.78, 5) is 23.2. The van der Waals surface area contributed by atoms with E-state index in [2.05, 4.69) is 5.32 Å². The van der Waals surface area contributed by atoms with E-state index in [0.717, 1.165) is 11.1 Å². The summed E-state index contributed by atoms with van der Waals surface area (Å²) >= 11 is 0. The Hall–Kier alpha value is -1.84. The van der Waals surface area contributed by atoms with Crippen LogP contribution in [0, 0.1) is 12.8 Å². The quantitative estimate of drug-likeness (QED) is 0.816. The van der Waals surface area contributed by atoms with Crippen molar-refractivity contribution in [2.75, 3.05) is 0 Å². The van der Waals surface area contributed by atoms with Gasteiger partial charge in [0.1, 0.15) is 6.04 Å². The lowest BCUT2D eigenvalue weighted by Gasteiger charge is -2.17. The second-order valence-corrected chi connectivity index (χ2v) is 5.25. The molecule has 0 bridgehead atoms. The Kier molecular flexibility index (Phi) is 5.55. The summed E-state index contributed by atoms with van der Waals surface area (Å²) < 4.78 is 0. The second kappa shape index (κ2) is 6.92. The molecule has 0 aliphatic heterocycles. The predicted molar refractivity (Wildman–Crippen MR) is 75.5 cm³/mol. The molecule has 0 radical (unpaired) electrons. The van der Waals surface area contributed by atoms with Gasteiger partial charge in [-0.2, -0.15) is 0 Å². The van der Waals surface area contributed by atoms with Crippen molar-refractivity contribution >= 4 is 11.8 Å². The maximum atomic E-state index is 11.7. The van der Waals surface area contributed by atoms with Crippen molar-refractivity contribution in [3.8, 4) is 0 Å². The van der Waals surface area contributed by atoms with Gasteiger partial charge >= 0.3 is 0 Å². The molecule has 2 amide bonds. The van der Waals surface area contributed by atoms with E-state index in [0.29, 0.717) is 12.8 Å². The van der Waals surface area contributed by atoms with Gasteiger partial charge in [0.2, 0.25) is 11.8 Å². The van der Waals surface area contributed by atoms with Crippen LogP contribution in [0.15, 0.2) is 24.3 Å². The van der Waals surface area contributed by atoms with Crippen LogP contribution in [0.4, 0.5) is 0 Å². The molecule has 0 saturated heterocycles. The smallest absolute Gasteiger partial charge is 0.240 e. The van der Waals surface area contributed by atoms with Crippen molar-refractivity contribution in [1.29, 1.82) is 0 Å². The Bertz CT molecular complexity index is 455. The molecule has 0 heterocycles. The van der Waals surface area contributed by atoms with Crippen molar-refractivity contribution in [2.24, 2.45) is 11.7 Å². The number of rotatable bonds is 6. The average Bonchev–Trinajstić information content (AvgIpc) is 2.29. The van der Waals surface area contributed by atoms with Crippen molar-refractivity contribution in [1.82, 2.24) is 5.32 Å². The maximum absolute atomic E-state index is 11.7. The molecule has 0 saturated carbocycles. The lowest BCUT2D eigenvalue weighted by molar-refractivity contribution is -0.127. The number of nitrogens with two attached hydrogens (primary N) is 1. The molecule has 0 unspecified atom stereocenters. The zero-order chi connectivity index (χ0) is 14.4. The number of hydrogen-bond acceptors (Lipinski definition) is 2. The number of benzene rings is 1. The second-order valence-electron chi connectivity index (χ2n) is 5.25. The Balaban J connectivity index is 2.71. The molecule has 3 N–H and O–H groups in total. The molecule has 1 aromatic carbocycles. The van der Waals surface area contributed by atoms with Crippen molar-refractivity contribution in [3.05, 3.63) is 35.4 Å². The highest BCUT2D eigenvalue weighted by Crippen LogP contribution is 2.10. The first kappa shape index (κ1) is 15.2. The van der Waals surface area contributed by atoms with Gasteiger partial charge in [0, 0.05) is 12.8 Å². The van der Waals surface area contributed by atoms with E-state index in [4.69, 9.17) is 5.73 Å². The molecule has 0 fully saturated rings. The van der Waals surface area contributed by atoms with E-state index < -0.39 is 11.9 Å². The van der Waals surface area contributed by atoms with E-state index in [-0.39, 0.29) is 11.8 Å². The van der Waals surface area contributed by atoms with Crippen LogP contribution in [-0.4, -0.2) is 17.9 Å². The molecular formula is C15H22N2O2. The molecule has 4 heteroatoms. The highest BCUT2D eigenvalue weighted by molar-refractivity contribution is 5.86. The highest BCUT2D eigenvalue weighted by Gasteiger charge is 2.19. The van der Waals surface area contributed by atoms with Crippen molar-refractivity contribution < 1.29 is 9.59 Å². The summed E-state index contributed by atoms with van der Waals surface area (Å²) in [7, 11) is 0. The third kappa shape index (κ3) is 5.12. The van der Waals surface area contributed by atoms with Gasteiger partial charge in [0.15, 0.2) is 0 Å². The summed E-state index contributed by atoms with van der Waals surface area (Å²) in [6.45, 7) is 5.89. The van der Waals surface area contributed by atoms with E-state index >= 15 is 0 Å². The minimum atomic E-state index is -0.646. The van der Waals surface area contributed by atoms with Gasteiger partial charge in [-0.3, -0.25) is 9.59 Å². The summed E-state index contributed by atoms with van der Waals surface area (Å²) in [5.41, 5.74) is 7.47. The molecule has 0 aliphatic rings. The number of aryl methyl sites for hydroxylation is 1. The van der Waals surface area contributed by atoms with E-state index in [1.807, 2.05) is 45.0 Å². The summed E-state index contributed by atoms with van der Waals surface area (Å²) in [5.74, 6) is -0.375. The highest BCUT2D eigenvalue weighted by atomic mass is 16.2. The van der Waals surface area contributed by atoms with Crippen LogP contribution in [0.2, 0.25) is 0 Å². The molecule has 0 aromatic heterocycles. The lowest BCUT2D eigenvalue weighted by atomic mass is 10.0. The average molecular weight is 262 g/mol. The zero-order valence-electron chi connectivity index (χ0n) is 11.8. The largest absolute Gasteiger partial charge is 0.368 e. The lowest BCUT2D eigenvalue weighted by Crippen LogP contribution is -2.46. The number of carbonyl (C=O) groups excluding carboxylic acids is 2. The van der Waals surface area contributed by atoms with Gasteiger partial charge in [-0.05, 0) is 24.0 Å². The minimum absolute atomic E-state index is 0.132. The first-order valence-electron chi connectivity index (χ1n) is 6.53. The molecule has 104 valence electrons. The Morgan fingerprint density at radius 3 is 2.42 bits per heavy atom. The fourth-order valence-corrected chi connectivity index (χ4v) is 1.91. The predicted octanol–water partition coefficient (Wildman–Crippen LogP) is 1.55. The van der Waals surface area contributed by atoms with E-state index in [9.17, 15) is 9.59 Å². The number of nitrogens with one attached hydrogen (secondary N) is 1. The van der Waals surface area contributed by atoms with Gasteiger partial charge in [-0.15, -0.1) is 0 Å². The number of primary amides is 1. The Morgan fingerprint density at radius 1 is 1.26 bits per heavy atom. The SMILES string of the molecule is Cc1ccccc1C[C@H](NC(=O)CC(C)C)C(N)=O. The van der Waals surface area contributed by atoms with Crippen LogP contribution in [0.3, 0.4) is 0 Å². The standard InChI is InChI=1S/C15H22N2O2/c1-10(2)8-14(18)17-13(15(16)19)9-12-7-5-4-6-11(12)3/h4-7,10,13H,8-9H2,1-3H3,(H2,16,19)(H,17,18)/t13-/m0/s1. The van der Waals surface area contributed by atoms with Gasteiger partial charge in [0.25, 0.3) is 0 Å². The van der Waals surface area contributed by atoms with Gasteiger partial charge in [-0.1, -0.05) is 38.1 Å². The first-order valence-corrected chi connectivity index (χ1v) is 6.53. The van der Waals surface area contributed by atoms with Crippen molar-refractivity contribution in [3.63, 3.8) is 0 Å². The fourth-order valence-electron chi connectivity index (χ4n) is 1.91. The normalized spacial score (nSPS) is 12.2. The third-order valence-electron chi connectivity index (χ3n) is 2.96. The molecule has 19 heavy (non-hydrogen) atoms. The molecule has 1 atom stereocenters. The molecule has 1 aromatic rings. The summed E-state index contributed by atoms with van der Waals surface area (Å²) in [5, 5.41) is 2.71. The maximum Gasteiger partial charge on any atom is 0.240 e. The molecule has 0 aliphatic carbocycles. The van der Waals surface area contributed by atoms with E-state index in [1.165, 1.54) is 0 Å². The number of amides is 2. The topological polar surface area (TPSA) is 72.2 Å². The molecule has 4 nitrogen and oxygen atoms in total. The van der Waals surface area contributed by atoms with Crippen LogP contribution in [0.25, 0.3) is 0 Å². The van der Waals surface area contributed by atoms with Crippen LogP contribution >= 0.6 is 0 Å². The van der Waals surface area contributed by atoms with Gasteiger partial charge in [-0.25, -0.2) is 0 Å². The van der Waals surface area contributed by atoms with Crippen LogP contribution in [0.5, 0.6) is 0 Å². The van der Waals surface area contributed by atoms with Crippen LogP contribution in [-0.2, 0) is 16.0 Å². The van der Waals surface area contributed by atoms with Gasteiger partial charge < -0.3 is 11.1 Å². The monoisotopic (exact) mass is 262 g/mol. The number of carbonyl (C=O) groups is 2. The summed E-state index contributed by atoms with van der Waals surface area (Å²) in [6, 6.07) is 7.13. The Labute approximate surface area is 114 Å². The fraction of sp³-hybridized carbons (Fsp3) is 0.467. The number of hydrogen-bond donors (Lipinski definition) is 2. The van der Waals surface area contributed by atoms with E-state index in [1.54, 1.807) is 0 Å². The van der Waals surface area contributed by atoms with Crippen LogP contribution < -0.4 is 11.1 Å². The minimum Gasteiger partial charge on any atom is -0.368 e. The first-order chi connectivity index (χ1) is 8.90. The molecule has 0 spiro atoms. The van der Waals surface area contributed by atoms with Gasteiger partial charge in [0.05, 0.1) is 0 Å². The van der Waals surface area contributed by atoms with Crippen molar-refractivity contribution in [2.45, 2.75) is 39.7 Å². The third-order valence-corrected chi connectivity index (χ3v) is 2.96. The van der Waals surface area contributed by atoms with Crippen LogP contribution in [0.1, 0.15) is 31.4 Å².